The Kier molecular flexibility index (Phi) is 3.69. The number of carbonyl (C=O) groups excluding carboxylic acids is 1. The summed E-state index contributed by atoms with van der Waals surface area (Å²) in [5, 5.41) is 0. The topological polar surface area (TPSA) is 58.4 Å². The highest BCUT2D eigenvalue weighted by Crippen LogP contribution is 2.26. The lowest BCUT2D eigenvalue weighted by Crippen LogP contribution is -2.41. The van der Waals surface area contributed by atoms with Crippen LogP contribution in [0.5, 0.6) is 0 Å². The standard InChI is InChI=1S/C9H19N3O/c1-3-12(8-4-5-8)6-7(2)9(13)11-10/h7-8H,3-6,10H2,1-2H3,(H,11,13). The van der Waals surface area contributed by atoms with E-state index in [9.17, 15) is 4.79 Å². The number of carbonyl (C=O) groups is 1. The molecular formula is C9H19N3O. The van der Waals surface area contributed by atoms with E-state index in [1.165, 1.54) is 12.8 Å². The Hall–Kier alpha value is -0.610. The second-order valence-electron chi connectivity index (χ2n) is 3.73. The van der Waals surface area contributed by atoms with Crippen LogP contribution in [0, 0.1) is 5.92 Å². The summed E-state index contributed by atoms with van der Waals surface area (Å²) in [6, 6.07) is 0.720. The summed E-state index contributed by atoms with van der Waals surface area (Å²) >= 11 is 0. The zero-order chi connectivity index (χ0) is 9.84. The molecule has 1 amide bonds. The van der Waals surface area contributed by atoms with E-state index in [0.717, 1.165) is 19.1 Å². The van der Waals surface area contributed by atoms with Crippen LogP contribution in [-0.4, -0.2) is 29.9 Å². The fraction of sp³-hybridized carbons (Fsp3) is 0.889. The van der Waals surface area contributed by atoms with Gasteiger partial charge < -0.3 is 0 Å². The molecule has 4 nitrogen and oxygen atoms in total. The molecule has 13 heavy (non-hydrogen) atoms. The molecule has 0 heterocycles. The van der Waals surface area contributed by atoms with Crippen LogP contribution in [0.25, 0.3) is 0 Å². The van der Waals surface area contributed by atoms with Crippen molar-refractivity contribution in [2.24, 2.45) is 11.8 Å². The molecule has 0 saturated heterocycles. The summed E-state index contributed by atoms with van der Waals surface area (Å²) in [6.45, 7) is 5.88. The van der Waals surface area contributed by atoms with Crippen LogP contribution < -0.4 is 11.3 Å². The third-order valence-electron chi connectivity index (χ3n) is 2.57. The Morgan fingerprint density at radius 1 is 1.69 bits per heavy atom. The lowest BCUT2D eigenvalue weighted by molar-refractivity contribution is -0.125. The first-order valence-electron chi connectivity index (χ1n) is 4.93. The third kappa shape index (κ3) is 2.97. The van der Waals surface area contributed by atoms with E-state index < -0.39 is 0 Å². The van der Waals surface area contributed by atoms with Crippen LogP contribution in [0.1, 0.15) is 26.7 Å². The SMILES string of the molecule is CCN(CC(C)C(=O)NN)C1CC1. The lowest BCUT2D eigenvalue weighted by Gasteiger charge is -2.22. The zero-order valence-electron chi connectivity index (χ0n) is 8.42. The Morgan fingerprint density at radius 2 is 2.31 bits per heavy atom. The highest BCUT2D eigenvalue weighted by Gasteiger charge is 2.29. The van der Waals surface area contributed by atoms with Gasteiger partial charge in [-0.15, -0.1) is 0 Å². The van der Waals surface area contributed by atoms with Crippen LogP contribution in [0.15, 0.2) is 0 Å². The van der Waals surface area contributed by atoms with Gasteiger partial charge in [-0.1, -0.05) is 13.8 Å². The van der Waals surface area contributed by atoms with Gasteiger partial charge in [-0.05, 0) is 19.4 Å². The Labute approximate surface area is 79.4 Å². The maximum Gasteiger partial charge on any atom is 0.237 e. The normalized spacial score (nSPS) is 18.8. The van der Waals surface area contributed by atoms with Gasteiger partial charge in [0.25, 0.3) is 0 Å². The van der Waals surface area contributed by atoms with E-state index in [2.05, 4.69) is 17.2 Å². The van der Waals surface area contributed by atoms with Gasteiger partial charge in [0, 0.05) is 18.5 Å². The summed E-state index contributed by atoms with van der Waals surface area (Å²) < 4.78 is 0. The van der Waals surface area contributed by atoms with Gasteiger partial charge in [0.05, 0.1) is 0 Å². The van der Waals surface area contributed by atoms with E-state index in [4.69, 9.17) is 5.84 Å². The smallest absolute Gasteiger partial charge is 0.237 e. The molecule has 1 atom stereocenters. The minimum absolute atomic E-state index is 0.00875. The second kappa shape index (κ2) is 4.58. The van der Waals surface area contributed by atoms with Gasteiger partial charge >= 0.3 is 0 Å². The molecule has 1 aliphatic carbocycles. The molecule has 0 aliphatic heterocycles. The van der Waals surface area contributed by atoms with Crippen molar-refractivity contribution in [3.63, 3.8) is 0 Å². The second-order valence-corrected chi connectivity index (χ2v) is 3.73. The largest absolute Gasteiger partial charge is 0.300 e. The third-order valence-corrected chi connectivity index (χ3v) is 2.57. The summed E-state index contributed by atoms with van der Waals surface area (Å²) in [6.07, 6.45) is 2.57. The lowest BCUT2D eigenvalue weighted by atomic mass is 10.1. The van der Waals surface area contributed by atoms with Gasteiger partial charge in [-0.25, -0.2) is 5.84 Å². The van der Waals surface area contributed by atoms with Crippen molar-refractivity contribution in [1.29, 1.82) is 0 Å². The Balaban J connectivity index is 2.31. The maximum absolute atomic E-state index is 11.1. The van der Waals surface area contributed by atoms with Crippen molar-refractivity contribution in [3.8, 4) is 0 Å². The predicted molar refractivity (Wildman–Crippen MR) is 51.8 cm³/mol. The maximum atomic E-state index is 11.1. The number of nitrogens with zero attached hydrogens (tertiary/aromatic N) is 1. The summed E-state index contributed by atoms with van der Waals surface area (Å²) in [5.74, 6) is 4.98. The number of amides is 1. The van der Waals surface area contributed by atoms with Crippen molar-refractivity contribution in [2.45, 2.75) is 32.7 Å². The monoisotopic (exact) mass is 185 g/mol. The molecule has 1 fully saturated rings. The van der Waals surface area contributed by atoms with Crippen LogP contribution in [-0.2, 0) is 4.79 Å². The van der Waals surface area contributed by atoms with Crippen LogP contribution in [0.3, 0.4) is 0 Å². The molecule has 0 bridgehead atoms. The average molecular weight is 185 g/mol. The molecule has 3 N–H and O–H groups in total. The molecule has 0 aromatic carbocycles. The number of rotatable bonds is 5. The van der Waals surface area contributed by atoms with Crippen molar-refractivity contribution < 1.29 is 4.79 Å². The molecule has 0 spiro atoms. The number of hydrazine groups is 1. The molecule has 1 unspecified atom stereocenters. The van der Waals surface area contributed by atoms with E-state index in [-0.39, 0.29) is 11.8 Å². The quantitative estimate of drug-likeness (QED) is 0.363. The van der Waals surface area contributed by atoms with Crippen molar-refractivity contribution in [3.05, 3.63) is 0 Å². The van der Waals surface area contributed by atoms with Gasteiger partial charge in [-0.2, -0.15) is 0 Å². The molecule has 1 rings (SSSR count). The summed E-state index contributed by atoms with van der Waals surface area (Å²) in [4.78, 5) is 13.5. The first-order valence-corrected chi connectivity index (χ1v) is 4.93. The fourth-order valence-electron chi connectivity index (χ4n) is 1.55. The average Bonchev–Trinajstić information content (AvgIpc) is 2.95. The Morgan fingerprint density at radius 3 is 2.69 bits per heavy atom. The minimum Gasteiger partial charge on any atom is -0.300 e. The van der Waals surface area contributed by atoms with Crippen LogP contribution in [0.2, 0.25) is 0 Å². The molecule has 76 valence electrons. The van der Waals surface area contributed by atoms with Crippen molar-refractivity contribution in [2.75, 3.05) is 13.1 Å². The van der Waals surface area contributed by atoms with Gasteiger partial charge in [0.2, 0.25) is 5.91 Å². The summed E-state index contributed by atoms with van der Waals surface area (Å²) in [5.41, 5.74) is 2.19. The van der Waals surface area contributed by atoms with E-state index in [0.29, 0.717) is 0 Å². The first-order chi connectivity index (χ1) is 6.19. The molecule has 1 aliphatic rings. The van der Waals surface area contributed by atoms with E-state index in [1.54, 1.807) is 0 Å². The summed E-state index contributed by atoms with van der Waals surface area (Å²) in [7, 11) is 0. The van der Waals surface area contributed by atoms with E-state index in [1.807, 2.05) is 6.92 Å². The molecule has 1 saturated carbocycles. The first kappa shape index (κ1) is 10.5. The van der Waals surface area contributed by atoms with Gasteiger partial charge in [0.15, 0.2) is 0 Å². The molecule has 0 radical (unpaired) electrons. The number of hydrogen-bond donors (Lipinski definition) is 2. The minimum atomic E-state index is -0.0703. The molecule has 4 heteroatoms. The van der Waals surface area contributed by atoms with Crippen molar-refractivity contribution in [1.82, 2.24) is 10.3 Å². The fourth-order valence-corrected chi connectivity index (χ4v) is 1.55. The zero-order valence-corrected chi connectivity index (χ0v) is 8.42. The van der Waals surface area contributed by atoms with Gasteiger partial charge in [-0.3, -0.25) is 15.1 Å². The van der Waals surface area contributed by atoms with Gasteiger partial charge in [0.1, 0.15) is 0 Å². The Bertz CT molecular complexity index is 180. The highest BCUT2D eigenvalue weighted by molar-refractivity contribution is 5.77. The molecule has 0 aromatic heterocycles. The molecule has 0 aromatic rings. The number of hydrogen-bond acceptors (Lipinski definition) is 3. The van der Waals surface area contributed by atoms with Crippen LogP contribution >= 0.6 is 0 Å². The van der Waals surface area contributed by atoms with Crippen molar-refractivity contribution >= 4 is 5.91 Å². The highest BCUT2D eigenvalue weighted by atomic mass is 16.2. The number of nitrogens with two attached hydrogens (primary N) is 1. The predicted octanol–water partition coefficient (Wildman–Crippen LogP) is 0.0967. The van der Waals surface area contributed by atoms with Crippen LogP contribution in [0.4, 0.5) is 0 Å². The molecular weight excluding hydrogens is 166 g/mol. The van der Waals surface area contributed by atoms with E-state index >= 15 is 0 Å². The number of nitrogens with one attached hydrogen (secondary N) is 1.